The van der Waals surface area contributed by atoms with Crippen LogP contribution in [0.4, 0.5) is 0 Å². The van der Waals surface area contributed by atoms with Gasteiger partial charge in [0.1, 0.15) is 4.64 Å². The van der Waals surface area contributed by atoms with Crippen LogP contribution in [-0.4, -0.2) is 16.6 Å². The minimum Gasteiger partial charge on any atom is -0.300 e. The molecule has 0 spiro atoms. The number of aromatic nitrogens is 1. The van der Waals surface area contributed by atoms with Crippen molar-refractivity contribution in [1.82, 2.24) is 4.57 Å². The third-order valence-electron chi connectivity index (χ3n) is 5.36. The van der Waals surface area contributed by atoms with Crippen molar-refractivity contribution in [3.8, 4) is 16.9 Å². The summed E-state index contributed by atoms with van der Waals surface area (Å²) in [7, 11) is 0. The number of aryl methyl sites for hydroxylation is 2. The summed E-state index contributed by atoms with van der Waals surface area (Å²) < 4.78 is 2.46. The van der Waals surface area contributed by atoms with Gasteiger partial charge in [-0.3, -0.25) is 9.36 Å². The van der Waals surface area contributed by atoms with Crippen molar-refractivity contribution in [3.05, 3.63) is 111 Å². The van der Waals surface area contributed by atoms with Gasteiger partial charge in [0.2, 0.25) is 0 Å². The highest BCUT2D eigenvalue weighted by atomic mass is 35.5. The zero-order valence-corrected chi connectivity index (χ0v) is 20.4. The molecule has 32 heavy (non-hydrogen) atoms. The Morgan fingerprint density at radius 1 is 0.875 bits per heavy atom. The van der Waals surface area contributed by atoms with E-state index in [1.165, 1.54) is 17.3 Å². The molecule has 0 aliphatic heterocycles. The van der Waals surface area contributed by atoms with Gasteiger partial charge in [0.05, 0.1) is 11.3 Å². The quantitative estimate of drug-likeness (QED) is 0.165. The molecular formula is C27H22ClNOS2. The van der Waals surface area contributed by atoms with Gasteiger partial charge in [-0.1, -0.05) is 83.5 Å². The molecule has 0 aliphatic rings. The second kappa shape index (κ2) is 9.45. The minimum atomic E-state index is -0.0717. The lowest BCUT2D eigenvalue weighted by Crippen LogP contribution is -2.11. The summed E-state index contributed by atoms with van der Waals surface area (Å²) in [5.74, 6) is -0.0717. The minimum absolute atomic E-state index is 0.0717. The summed E-state index contributed by atoms with van der Waals surface area (Å²) in [5.41, 5.74) is 6.28. The number of halogens is 1. The number of carbonyl (C=O) groups excluding carboxylic acids is 1. The molecule has 4 rings (SSSR count). The van der Waals surface area contributed by atoms with Crippen LogP contribution in [0.5, 0.6) is 0 Å². The summed E-state index contributed by atoms with van der Waals surface area (Å²) in [6.45, 7) is 4.07. The average Bonchev–Trinajstić information content (AvgIpc) is 2.80. The van der Waals surface area contributed by atoms with E-state index >= 15 is 0 Å². The summed E-state index contributed by atoms with van der Waals surface area (Å²) in [6.07, 6.45) is 1.97. The second-order valence-corrected chi connectivity index (χ2v) is 9.32. The lowest BCUT2D eigenvalue weighted by molar-refractivity contribution is 0.103. The molecule has 0 radical (unpaired) electrons. The molecular weight excluding hydrogens is 454 g/mol. The highest BCUT2D eigenvalue weighted by Crippen LogP contribution is 2.33. The zero-order chi connectivity index (χ0) is 22.8. The molecule has 3 aromatic carbocycles. The van der Waals surface area contributed by atoms with Crippen molar-refractivity contribution < 1.29 is 4.79 Å². The van der Waals surface area contributed by atoms with E-state index < -0.39 is 0 Å². The van der Waals surface area contributed by atoms with Crippen LogP contribution in [0, 0.1) is 18.5 Å². The van der Waals surface area contributed by atoms with Crippen LogP contribution >= 0.6 is 35.6 Å². The van der Waals surface area contributed by atoms with E-state index in [0.29, 0.717) is 20.8 Å². The molecule has 1 aromatic heterocycles. The molecule has 1 heterocycles. The molecule has 5 heteroatoms. The number of hydrogen-bond donors (Lipinski definition) is 0. The highest BCUT2D eigenvalue weighted by Gasteiger charge is 2.21. The fraction of sp³-hybridized carbons (Fsp3) is 0.111. The summed E-state index contributed by atoms with van der Waals surface area (Å²) in [4.78, 5) is 14.4. The maximum absolute atomic E-state index is 13.6. The van der Waals surface area contributed by atoms with Gasteiger partial charge in [-0.05, 0) is 56.0 Å². The van der Waals surface area contributed by atoms with E-state index in [1.54, 1.807) is 0 Å². The number of thioether (sulfide) groups is 1. The lowest BCUT2D eigenvalue weighted by Gasteiger charge is -2.19. The van der Waals surface area contributed by atoms with Crippen LogP contribution < -0.4 is 0 Å². The Bertz CT molecular complexity index is 1340. The molecule has 0 unspecified atom stereocenters. The van der Waals surface area contributed by atoms with Crippen molar-refractivity contribution in [2.24, 2.45) is 0 Å². The summed E-state index contributed by atoms with van der Waals surface area (Å²) in [6, 6.07) is 25.5. The Balaban J connectivity index is 2.02. The second-order valence-electron chi connectivity index (χ2n) is 7.65. The number of ketones is 1. The Morgan fingerprint density at radius 3 is 2.00 bits per heavy atom. The zero-order valence-electron chi connectivity index (χ0n) is 18.1. The van der Waals surface area contributed by atoms with E-state index in [-0.39, 0.29) is 5.78 Å². The molecule has 0 fully saturated rings. The van der Waals surface area contributed by atoms with Gasteiger partial charge in [0, 0.05) is 21.2 Å². The van der Waals surface area contributed by atoms with E-state index in [4.69, 9.17) is 23.8 Å². The van der Waals surface area contributed by atoms with Crippen molar-refractivity contribution in [2.75, 3.05) is 6.26 Å². The molecule has 160 valence electrons. The van der Waals surface area contributed by atoms with Crippen molar-refractivity contribution in [1.29, 1.82) is 0 Å². The molecule has 0 atom stereocenters. The van der Waals surface area contributed by atoms with Gasteiger partial charge in [-0.15, -0.1) is 11.8 Å². The van der Waals surface area contributed by atoms with Crippen LogP contribution in [0.15, 0.2) is 83.8 Å². The smallest absolute Gasteiger partial charge is 0.197 e. The predicted octanol–water partition coefficient (Wildman–Crippen LogP) is 8.10. The third kappa shape index (κ3) is 4.44. The van der Waals surface area contributed by atoms with Crippen molar-refractivity contribution in [2.45, 2.75) is 18.7 Å². The first kappa shape index (κ1) is 22.5. The van der Waals surface area contributed by atoms with Gasteiger partial charge in [0.25, 0.3) is 0 Å². The fourth-order valence-electron chi connectivity index (χ4n) is 3.59. The number of hydrogen-bond acceptors (Lipinski definition) is 3. The molecule has 0 N–H and O–H groups in total. The van der Waals surface area contributed by atoms with Gasteiger partial charge in [-0.25, -0.2) is 0 Å². The van der Waals surface area contributed by atoms with Crippen molar-refractivity contribution in [3.63, 3.8) is 0 Å². The first-order valence-electron chi connectivity index (χ1n) is 10.2. The Hall–Kier alpha value is -2.66. The SMILES string of the molecule is CSc1cc(-c2ccc(C)cc2)n(-c2ccc(Cl)cc2)c(=S)c1C(=O)c1ccc(C)cc1. The fourth-order valence-corrected chi connectivity index (χ4v) is 4.81. The van der Waals surface area contributed by atoms with E-state index in [0.717, 1.165) is 27.4 Å². The molecule has 2 nitrogen and oxygen atoms in total. The number of pyridine rings is 1. The van der Waals surface area contributed by atoms with E-state index in [2.05, 4.69) is 37.3 Å². The first-order chi connectivity index (χ1) is 15.4. The van der Waals surface area contributed by atoms with Crippen LogP contribution in [-0.2, 0) is 0 Å². The largest absolute Gasteiger partial charge is 0.300 e. The standard InChI is InChI=1S/C27H22ClNOS2/c1-17-4-8-19(9-5-17)23-16-24(32-3)25(26(30)20-10-6-18(2)7-11-20)27(31)29(23)22-14-12-21(28)13-15-22/h4-16H,1-3H3. The normalized spacial score (nSPS) is 10.9. The molecule has 0 aliphatic carbocycles. The van der Waals surface area contributed by atoms with Crippen molar-refractivity contribution >= 4 is 41.4 Å². The van der Waals surface area contributed by atoms with Crippen LogP contribution in [0.1, 0.15) is 27.0 Å². The molecule has 0 amide bonds. The third-order valence-corrected chi connectivity index (χ3v) is 6.77. The number of carbonyl (C=O) groups is 1. The highest BCUT2D eigenvalue weighted by molar-refractivity contribution is 7.98. The maximum Gasteiger partial charge on any atom is 0.197 e. The Kier molecular flexibility index (Phi) is 6.66. The molecule has 0 saturated carbocycles. The van der Waals surface area contributed by atoms with Crippen LogP contribution in [0.3, 0.4) is 0 Å². The lowest BCUT2D eigenvalue weighted by atomic mass is 10.0. The van der Waals surface area contributed by atoms with Gasteiger partial charge >= 0.3 is 0 Å². The number of nitrogens with zero attached hydrogens (tertiary/aromatic N) is 1. The van der Waals surface area contributed by atoms with Gasteiger partial charge in [-0.2, -0.15) is 0 Å². The van der Waals surface area contributed by atoms with Crippen LogP contribution in [0.25, 0.3) is 16.9 Å². The maximum atomic E-state index is 13.6. The Labute approximate surface area is 202 Å². The Morgan fingerprint density at radius 2 is 1.44 bits per heavy atom. The summed E-state index contributed by atoms with van der Waals surface area (Å²) >= 11 is 13.6. The predicted molar refractivity (Wildman–Crippen MR) is 138 cm³/mol. The topological polar surface area (TPSA) is 22.0 Å². The van der Waals surface area contributed by atoms with E-state index in [9.17, 15) is 4.79 Å². The number of rotatable bonds is 5. The van der Waals surface area contributed by atoms with Gasteiger partial charge in [0.15, 0.2) is 5.78 Å². The molecule has 0 bridgehead atoms. The van der Waals surface area contributed by atoms with Crippen LogP contribution in [0.2, 0.25) is 5.02 Å². The summed E-state index contributed by atoms with van der Waals surface area (Å²) in [5, 5.41) is 0.647. The first-order valence-corrected chi connectivity index (χ1v) is 12.2. The van der Waals surface area contributed by atoms with E-state index in [1.807, 2.05) is 66.3 Å². The van der Waals surface area contributed by atoms with Gasteiger partial charge < -0.3 is 0 Å². The monoisotopic (exact) mass is 475 g/mol. The molecule has 4 aromatic rings. The number of benzene rings is 3. The average molecular weight is 476 g/mol. The molecule has 0 saturated heterocycles.